The van der Waals surface area contributed by atoms with E-state index in [1.165, 1.54) is 25.1 Å². The third kappa shape index (κ3) is 7.07. The van der Waals surface area contributed by atoms with E-state index < -0.39 is 0 Å². The number of anilines is 2. The van der Waals surface area contributed by atoms with E-state index >= 15 is 0 Å². The lowest BCUT2D eigenvalue weighted by atomic mass is 10.1. The largest absolute Gasteiger partial charge is 0.377 e. The summed E-state index contributed by atoms with van der Waals surface area (Å²) in [6, 6.07) is 16.9. The van der Waals surface area contributed by atoms with Crippen molar-refractivity contribution in [3.05, 3.63) is 94.4 Å². The number of hydrogen-bond donors (Lipinski definition) is 2. The number of nitrogens with zero attached hydrogens (tertiary/aromatic N) is 5. The van der Waals surface area contributed by atoms with Gasteiger partial charge in [-0.25, -0.2) is 0 Å². The second kappa shape index (κ2) is 13.6. The van der Waals surface area contributed by atoms with Crippen molar-refractivity contribution in [1.82, 2.24) is 24.8 Å². The Labute approximate surface area is 272 Å². The van der Waals surface area contributed by atoms with Gasteiger partial charge in [0.1, 0.15) is 6.10 Å². The number of pyridine rings is 1. The average Bonchev–Trinajstić information content (AvgIpc) is 3.06. The molecule has 5 heterocycles. The Morgan fingerprint density at radius 2 is 1.89 bits per heavy atom. The van der Waals surface area contributed by atoms with E-state index in [1.54, 1.807) is 12.3 Å². The smallest absolute Gasteiger partial charge is 0.249 e. The highest BCUT2D eigenvalue weighted by Crippen LogP contribution is 2.52. The van der Waals surface area contributed by atoms with Crippen molar-refractivity contribution in [3.63, 3.8) is 0 Å². The predicted molar refractivity (Wildman–Crippen MR) is 181 cm³/mol. The molecule has 0 saturated carbocycles. The van der Waals surface area contributed by atoms with Gasteiger partial charge in [0.05, 0.1) is 30.2 Å². The zero-order chi connectivity index (χ0) is 30.8. The highest BCUT2D eigenvalue weighted by Gasteiger charge is 2.29. The van der Waals surface area contributed by atoms with Crippen LogP contribution in [-0.4, -0.2) is 84.2 Å². The molecule has 2 atom stereocenters. The number of nitrogens with one attached hydrogen (secondary N) is 2. The lowest BCUT2D eigenvalue weighted by molar-refractivity contribution is 0.0379. The number of likely N-dealkylation sites (N-methyl/N-ethyl adjacent to an activating group) is 1. The van der Waals surface area contributed by atoms with E-state index in [0.29, 0.717) is 13.2 Å². The van der Waals surface area contributed by atoms with Crippen molar-refractivity contribution < 1.29 is 4.74 Å². The van der Waals surface area contributed by atoms with Crippen LogP contribution in [0.15, 0.2) is 91.5 Å². The normalized spacial score (nSPS) is 19.5. The highest BCUT2D eigenvalue weighted by atomic mass is 32.2. The number of rotatable bonds is 8. The maximum Gasteiger partial charge on any atom is 0.249 e. The number of benzene rings is 2. The molecular weight excluding hydrogens is 603 g/mol. The SMILES string of the molecule is Cc1cnc(C(CCN2CCN(C)CC2)Nc2ccc3c(c2)Sc2cccc(C4CN(c5cc[nH]c(=O)c5)CCO4)c2S3)cn1. The molecule has 3 aliphatic heterocycles. The van der Waals surface area contributed by atoms with E-state index in [1.807, 2.05) is 48.9 Å². The second-order valence-electron chi connectivity index (χ2n) is 12.0. The van der Waals surface area contributed by atoms with Crippen molar-refractivity contribution in [2.24, 2.45) is 0 Å². The van der Waals surface area contributed by atoms with Crippen LogP contribution in [0.4, 0.5) is 11.4 Å². The van der Waals surface area contributed by atoms with Crippen LogP contribution in [0, 0.1) is 6.92 Å². The van der Waals surface area contributed by atoms with Crippen molar-refractivity contribution in [1.29, 1.82) is 0 Å². The minimum absolute atomic E-state index is 0.0692. The number of morpholine rings is 1. The van der Waals surface area contributed by atoms with E-state index in [4.69, 9.17) is 9.72 Å². The van der Waals surface area contributed by atoms with E-state index in [-0.39, 0.29) is 17.7 Å². The summed E-state index contributed by atoms with van der Waals surface area (Å²) >= 11 is 3.64. The Balaban J connectivity index is 1.08. The fraction of sp³-hybridized carbons (Fsp3) is 0.382. The molecule has 0 spiro atoms. The summed E-state index contributed by atoms with van der Waals surface area (Å²) in [6.07, 6.45) is 6.39. The maximum atomic E-state index is 11.9. The fourth-order valence-corrected chi connectivity index (χ4v) is 8.58. The first-order valence-electron chi connectivity index (χ1n) is 15.6. The summed E-state index contributed by atoms with van der Waals surface area (Å²) in [4.78, 5) is 36.2. The van der Waals surface area contributed by atoms with Crippen molar-refractivity contribution >= 4 is 34.9 Å². The van der Waals surface area contributed by atoms with Gasteiger partial charge in [0.25, 0.3) is 0 Å². The molecule has 2 fully saturated rings. The van der Waals surface area contributed by atoms with Crippen LogP contribution in [0.2, 0.25) is 0 Å². The number of aromatic amines is 1. The van der Waals surface area contributed by atoms with Gasteiger partial charge in [0.2, 0.25) is 5.56 Å². The van der Waals surface area contributed by atoms with Gasteiger partial charge < -0.3 is 29.7 Å². The lowest BCUT2D eigenvalue weighted by Gasteiger charge is -2.36. The van der Waals surface area contributed by atoms with Gasteiger partial charge >= 0.3 is 0 Å². The monoisotopic (exact) mass is 641 g/mol. The summed E-state index contributed by atoms with van der Waals surface area (Å²) < 4.78 is 6.31. The zero-order valence-electron chi connectivity index (χ0n) is 25.7. The molecule has 7 rings (SSSR count). The number of aromatic nitrogens is 3. The minimum atomic E-state index is -0.0850. The van der Waals surface area contributed by atoms with Crippen LogP contribution in [0.25, 0.3) is 0 Å². The Morgan fingerprint density at radius 3 is 2.71 bits per heavy atom. The van der Waals surface area contributed by atoms with Crippen LogP contribution in [0.3, 0.4) is 0 Å². The summed E-state index contributed by atoms with van der Waals surface area (Å²) in [5, 5.41) is 3.81. The highest BCUT2D eigenvalue weighted by molar-refractivity contribution is 8.05. The standard InChI is InChI=1S/C34H39N7O2S2/c1-23-20-37-28(21-36-23)27(9-11-40-14-12-39(2)13-15-40)38-24-6-7-30-32(18-24)44-31-5-3-4-26(34(31)45-30)29-22-41(16-17-43-29)25-8-10-35-33(42)19-25/h3-8,10,18-21,27,29,38H,9,11-17,22H2,1-2H3,(H,35,42). The third-order valence-corrected chi connectivity index (χ3v) is 11.4. The van der Waals surface area contributed by atoms with E-state index in [2.05, 4.69) is 73.4 Å². The Kier molecular flexibility index (Phi) is 9.13. The summed E-state index contributed by atoms with van der Waals surface area (Å²) in [5.74, 6) is 0. The van der Waals surface area contributed by atoms with Crippen LogP contribution in [-0.2, 0) is 4.74 Å². The molecule has 0 bridgehead atoms. The number of fused-ring (bicyclic) bond motifs is 2. The summed E-state index contributed by atoms with van der Waals surface area (Å²) in [7, 11) is 2.20. The first-order chi connectivity index (χ1) is 22.0. The molecular formula is C34H39N7O2S2. The van der Waals surface area contributed by atoms with Crippen molar-refractivity contribution in [3.8, 4) is 0 Å². The van der Waals surface area contributed by atoms with Gasteiger partial charge in [-0.1, -0.05) is 35.7 Å². The molecule has 0 aliphatic carbocycles. The summed E-state index contributed by atoms with van der Waals surface area (Å²) in [6.45, 7) is 9.53. The van der Waals surface area contributed by atoms with Gasteiger partial charge in [-0.05, 0) is 56.3 Å². The number of H-pyrrole nitrogens is 1. The summed E-state index contributed by atoms with van der Waals surface area (Å²) in [5.41, 5.74) is 5.05. The van der Waals surface area contributed by atoms with Gasteiger partial charge in [0, 0.05) is 95.2 Å². The maximum absolute atomic E-state index is 11.9. The zero-order valence-corrected chi connectivity index (χ0v) is 27.4. The molecule has 2 saturated heterocycles. The van der Waals surface area contributed by atoms with Crippen LogP contribution < -0.4 is 15.8 Å². The van der Waals surface area contributed by atoms with Crippen LogP contribution in [0.5, 0.6) is 0 Å². The Hall–Kier alpha value is -3.35. The molecule has 4 aromatic rings. The molecule has 0 amide bonds. The fourth-order valence-electron chi connectivity index (χ4n) is 6.13. The minimum Gasteiger partial charge on any atom is -0.377 e. The molecule has 2 unspecified atom stereocenters. The van der Waals surface area contributed by atoms with E-state index in [0.717, 1.165) is 68.5 Å². The predicted octanol–water partition coefficient (Wildman–Crippen LogP) is 5.46. The number of piperazine rings is 1. The first kappa shape index (κ1) is 30.3. The molecule has 2 aromatic carbocycles. The van der Waals surface area contributed by atoms with Crippen LogP contribution in [0.1, 0.15) is 35.5 Å². The molecule has 0 radical (unpaired) electrons. The molecule has 234 valence electrons. The lowest BCUT2D eigenvalue weighted by Crippen LogP contribution is -2.45. The molecule has 9 nitrogen and oxygen atoms in total. The van der Waals surface area contributed by atoms with E-state index in [9.17, 15) is 4.79 Å². The second-order valence-corrected chi connectivity index (χ2v) is 14.1. The molecule has 11 heteroatoms. The molecule has 45 heavy (non-hydrogen) atoms. The molecule has 2 aromatic heterocycles. The van der Waals surface area contributed by atoms with Crippen LogP contribution >= 0.6 is 23.5 Å². The van der Waals surface area contributed by atoms with Crippen molar-refractivity contribution in [2.45, 2.75) is 45.1 Å². The third-order valence-electron chi connectivity index (χ3n) is 8.75. The van der Waals surface area contributed by atoms with Gasteiger partial charge in [-0.2, -0.15) is 0 Å². The Morgan fingerprint density at radius 1 is 1.00 bits per heavy atom. The average molecular weight is 642 g/mol. The van der Waals surface area contributed by atoms with Gasteiger partial charge in [-0.3, -0.25) is 14.8 Å². The number of ether oxygens (including phenoxy) is 1. The molecule has 3 aliphatic rings. The van der Waals surface area contributed by atoms with Crippen molar-refractivity contribution in [2.75, 3.05) is 69.7 Å². The number of aryl methyl sites for hydroxylation is 1. The number of hydrogen-bond acceptors (Lipinski definition) is 10. The van der Waals surface area contributed by atoms with Gasteiger partial charge in [-0.15, -0.1) is 0 Å². The topological polar surface area (TPSA) is 89.6 Å². The quantitative estimate of drug-likeness (QED) is 0.228. The van der Waals surface area contributed by atoms with Gasteiger partial charge in [0.15, 0.2) is 0 Å². The molecule has 2 N–H and O–H groups in total. The first-order valence-corrected chi connectivity index (χ1v) is 17.3. The Bertz CT molecular complexity index is 1690.